The number of rotatable bonds is 6. The highest BCUT2D eigenvalue weighted by Crippen LogP contribution is 2.22. The molecule has 1 aromatic carbocycles. The minimum atomic E-state index is -3.44. The van der Waals surface area contributed by atoms with E-state index in [-0.39, 0.29) is 4.90 Å². The highest BCUT2D eigenvalue weighted by Gasteiger charge is 2.12. The lowest BCUT2D eigenvalue weighted by molar-refractivity contribution is 0.588. The fourth-order valence-electron chi connectivity index (χ4n) is 1.32. The van der Waals surface area contributed by atoms with E-state index in [9.17, 15) is 8.42 Å². The Morgan fingerprint density at radius 1 is 1.44 bits per heavy atom. The van der Waals surface area contributed by atoms with Gasteiger partial charge in [0.2, 0.25) is 10.0 Å². The van der Waals surface area contributed by atoms with Gasteiger partial charge in [0, 0.05) is 11.8 Å². The van der Waals surface area contributed by atoms with Crippen LogP contribution in [-0.2, 0) is 10.0 Å². The summed E-state index contributed by atoms with van der Waals surface area (Å²) in [6, 6.07) is 4.68. The summed E-state index contributed by atoms with van der Waals surface area (Å²) in [5, 5.41) is 3.66. The second-order valence-electron chi connectivity index (χ2n) is 3.88. The van der Waals surface area contributed by atoms with Gasteiger partial charge < -0.3 is 11.1 Å². The molecule has 0 heterocycles. The van der Waals surface area contributed by atoms with Crippen LogP contribution in [0.25, 0.3) is 0 Å². The maximum absolute atomic E-state index is 11.6. The van der Waals surface area contributed by atoms with Crippen LogP contribution in [0.3, 0.4) is 0 Å². The summed E-state index contributed by atoms with van der Waals surface area (Å²) in [6.07, 6.45) is 2.04. The predicted molar refractivity (Wildman–Crippen MR) is 78.6 cm³/mol. The number of hydrogen-bond donors (Lipinski definition) is 3. The van der Waals surface area contributed by atoms with Crippen molar-refractivity contribution in [3.63, 3.8) is 0 Å². The van der Waals surface area contributed by atoms with Gasteiger partial charge in [0.1, 0.15) is 0 Å². The molecule has 5 nitrogen and oxygen atoms in total. The van der Waals surface area contributed by atoms with Crippen molar-refractivity contribution in [3.05, 3.63) is 18.2 Å². The predicted octanol–water partition coefficient (Wildman–Crippen LogP) is 1.34. The van der Waals surface area contributed by atoms with E-state index in [1.165, 1.54) is 19.2 Å². The molecule has 4 N–H and O–H groups in total. The largest absolute Gasteiger partial charge is 0.397 e. The molecule has 1 unspecified atom stereocenters. The van der Waals surface area contributed by atoms with Gasteiger partial charge in [0.25, 0.3) is 0 Å². The van der Waals surface area contributed by atoms with Crippen molar-refractivity contribution >= 4 is 33.2 Å². The van der Waals surface area contributed by atoms with Gasteiger partial charge in [-0.2, -0.15) is 11.8 Å². The van der Waals surface area contributed by atoms with Gasteiger partial charge in [-0.15, -0.1) is 0 Å². The van der Waals surface area contributed by atoms with Crippen LogP contribution in [0.15, 0.2) is 23.1 Å². The maximum Gasteiger partial charge on any atom is 0.240 e. The van der Waals surface area contributed by atoms with Crippen molar-refractivity contribution in [2.75, 3.05) is 30.9 Å². The molecule has 1 atom stereocenters. The monoisotopic (exact) mass is 289 g/mol. The third-order valence-corrected chi connectivity index (χ3v) is 4.97. The smallest absolute Gasteiger partial charge is 0.240 e. The third-order valence-electron chi connectivity index (χ3n) is 2.58. The van der Waals surface area contributed by atoms with Crippen LogP contribution in [0.2, 0.25) is 0 Å². The van der Waals surface area contributed by atoms with E-state index in [1.807, 2.05) is 6.26 Å². The summed E-state index contributed by atoms with van der Waals surface area (Å²) in [5.41, 5.74) is 7.02. The second kappa shape index (κ2) is 6.31. The van der Waals surface area contributed by atoms with E-state index < -0.39 is 10.0 Å². The van der Waals surface area contributed by atoms with Crippen molar-refractivity contribution in [2.24, 2.45) is 0 Å². The second-order valence-corrected chi connectivity index (χ2v) is 7.05. The van der Waals surface area contributed by atoms with E-state index in [2.05, 4.69) is 17.0 Å². The maximum atomic E-state index is 11.6. The SMILES string of the molecule is CNS(=O)(=O)c1ccc(NCC(C)SC)c(N)c1. The zero-order valence-electron chi connectivity index (χ0n) is 10.7. The lowest BCUT2D eigenvalue weighted by atomic mass is 10.2. The van der Waals surface area contributed by atoms with E-state index in [4.69, 9.17) is 5.73 Å². The standard InChI is InChI=1S/C11H19N3O2S2/c1-8(17-3)7-14-11-5-4-9(6-10(11)12)18(15,16)13-2/h4-6,8,13-14H,7,12H2,1-3H3. The van der Waals surface area contributed by atoms with E-state index in [0.29, 0.717) is 10.9 Å². The minimum Gasteiger partial charge on any atom is -0.397 e. The Balaban J connectivity index is 2.87. The Morgan fingerprint density at radius 3 is 2.61 bits per heavy atom. The van der Waals surface area contributed by atoms with Crippen LogP contribution in [0.4, 0.5) is 11.4 Å². The van der Waals surface area contributed by atoms with Crippen molar-refractivity contribution in [1.82, 2.24) is 4.72 Å². The van der Waals surface area contributed by atoms with Crippen LogP contribution in [0, 0.1) is 0 Å². The molecule has 0 aliphatic heterocycles. The topological polar surface area (TPSA) is 84.2 Å². The van der Waals surface area contributed by atoms with Crippen molar-refractivity contribution in [1.29, 1.82) is 0 Å². The summed E-state index contributed by atoms with van der Waals surface area (Å²) in [6.45, 7) is 2.89. The van der Waals surface area contributed by atoms with Gasteiger partial charge in [-0.25, -0.2) is 13.1 Å². The molecule has 7 heteroatoms. The first-order chi connectivity index (χ1) is 8.40. The van der Waals surface area contributed by atoms with Gasteiger partial charge in [-0.05, 0) is 31.5 Å². The van der Waals surface area contributed by atoms with Crippen molar-refractivity contribution in [3.8, 4) is 0 Å². The van der Waals surface area contributed by atoms with E-state index in [0.717, 1.165) is 12.2 Å². The quantitative estimate of drug-likeness (QED) is 0.688. The zero-order valence-corrected chi connectivity index (χ0v) is 12.4. The average Bonchev–Trinajstić information content (AvgIpc) is 2.36. The normalized spacial score (nSPS) is 13.3. The highest BCUT2D eigenvalue weighted by molar-refractivity contribution is 7.99. The number of benzene rings is 1. The Hall–Kier alpha value is -0.920. The molecule has 0 saturated heterocycles. The Bertz CT molecular complexity index is 503. The van der Waals surface area contributed by atoms with Gasteiger partial charge in [-0.3, -0.25) is 0 Å². The lowest BCUT2D eigenvalue weighted by Crippen LogP contribution is -2.19. The van der Waals surface area contributed by atoms with Crippen LogP contribution >= 0.6 is 11.8 Å². The molecule has 1 aromatic rings. The van der Waals surface area contributed by atoms with Gasteiger partial charge in [0.05, 0.1) is 16.3 Å². The molecule has 0 saturated carbocycles. The molecule has 0 aliphatic rings. The first-order valence-electron chi connectivity index (χ1n) is 5.50. The molecule has 0 bridgehead atoms. The summed E-state index contributed by atoms with van der Waals surface area (Å²) < 4.78 is 25.4. The van der Waals surface area contributed by atoms with Crippen molar-refractivity contribution in [2.45, 2.75) is 17.1 Å². The molecule has 0 amide bonds. The van der Waals surface area contributed by atoms with Crippen molar-refractivity contribution < 1.29 is 8.42 Å². The van der Waals surface area contributed by atoms with Gasteiger partial charge >= 0.3 is 0 Å². The Morgan fingerprint density at radius 2 is 2.11 bits per heavy atom. The van der Waals surface area contributed by atoms with Crippen LogP contribution in [-0.4, -0.2) is 33.5 Å². The highest BCUT2D eigenvalue weighted by atomic mass is 32.2. The molecular weight excluding hydrogens is 270 g/mol. The molecule has 102 valence electrons. The zero-order chi connectivity index (χ0) is 13.8. The summed E-state index contributed by atoms with van der Waals surface area (Å²) >= 11 is 1.75. The molecule has 0 fully saturated rings. The molecule has 0 aliphatic carbocycles. The molecular formula is C11H19N3O2S2. The minimum absolute atomic E-state index is 0.172. The Kier molecular flexibility index (Phi) is 5.30. The number of thioether (sulfide) groups is 1. The summed E-state index contributed by atoms with van der Waals surface area (Å²) in [7, 11) is -2.06. The van der Waals surface area contributed by atoms with Crippen LogP contribution < -0.4 is 15.8 Å². The third kappa shape index (κ3) is 3.79. The number of nitrogens with two attached hydrogens (primary N) is 1. The fraction of sp³-hybridized carbons (Fsp3) is 0.455. The summed E-state index contributed by atoms with van der Waals surface area (Å²) in [4.78, 5) is 0.172. The molecule has 0 aromatic heterocycles. The number of anilines is 2. The molecule has 0 radical (unpaired) electrons. The average molecular weight is 289 g/mol. The molecule has 0 spiro atoms. The number of nitrogens with one attached hydrogen (secondary N) is 2. The molecule has 18 heavy (non-hydrogen) atoms. The lowest BCUT2D eigenvalue weighted by Gasteiger charge is -2.13. The number of hydrogen-bond acceptors (Lipinski definition) is 5. The Labute approximate surface area is 113 Å². The number of nitrogen functional groups attached to an aromatic ring is 1. The van der Waals surface area contributed by atoms with E-state index in [1.54, 1.807) is 17.8 Å². The van der Waals surface area contributed by atoms with E-state index >= 15 is 0 Å². The summed E-state index contributed by atoms with van der Waals surface area (Å²) in [5.74, 6) is 0. The van der Waals surface area contributed by atoms with Crippen LogP contribution in [0.5, 0.6) is 0 Å². The number of sulfonamides is 1. The first kappa shape index (κ1) is 15.1. The van der Waals surface area contributed by atoms with Crippen LogP contribution in [0.1, 0.15) is 6.92 Å². The first-order valence-corrected chi connectivity index (χ1v) is 8.27. The van der Waals surface area contributed by atoms with Gasteiger partial charge in [-0.1, -0.05) is 6.92 Å². The fourth-order valence-corrected chi connectivity index (χ4v) is 2.34. The van der Waals surface area contributed by atoms with Gasteiger partial charge in [0.15, 0.2) is 0 Å². The molecule has 1 rings (SSSR count).